The number of nitrogens with zero attached hydrogens (tertiary/aromatic N) is 2. The molecule has 0 aliphatic carbocycles. The molecule has 0 unspecified atom stereocenters. The third kappa shape index (κ3) is 6.63. The molecule has 0 radical (unpaired) electrons. The first-order valence-corrected chi connectivity index (χ1v) is 7.43. The maximum absolute atomic E-state index is 10.6. The van der Waals surface area contributed by atoms with Crippen molar-refractivity contribution in [2.24, 2.45) is 5.92 Å². The average molecular weight is 286 g/mol. The molecule has 1 rings (SSSR count). The van der Waals surface area contributed by atoms with Crippen LogP contribution >= 0.6 is 11.8 Å². The molecule has 1 heterocycles. The van der Waals surface area contributed by atoms with Gasteiger partial charge in [-0.25, -0.2) is 4.98 Å². The number of aryl methyl sites for hydroxylation is 2. The van der Waals surface area contributed by atoms with Crippen molar-refractivity contribution in [3.63, 3.8) is 0 Å². The lowest BCUT2D eigenvalue weighted by molar-refractivity contribution is -0.133. The molecule has 1 aromatic rings. The van der Waals surface area contributed by atoms with Gasteiger partial charge in [0.15, 0.2) is 5.16 Å². The fourth-order valence-electron chi connectivity index (χ4n) is 1.58. The predicted molar refractivity (Wildman–Crippen MR) is 75.6 cm³/mol. The zero-order valence-corrected chi connectivity index (χ0v) is 12.6. The van der Waals surface area contributed by atoms with Gasteiger partial charge in [0.25, 0.3) is 0 Å². The molecule has 0 saturated heterocycles. The molecule has 0 atom stereocenters. The topological polar surface area (TPSA) is 64.3 Å². The number of carboxylic acid groups (broad SMARTS) is 1. The monoisotopic (exact) mass is 286 g/mol. The summed E-state index contributed by atoms with van der Waals surface area (Å²) in [5.41, 5.74) is 0.913. The van der Waals surface area contributed by atoms with Gasteiger partial charge in [-0.2, -0.15) is 0 Å². The van der Waals surface area contributed by atoms with Crippen molar-refractivity contribution in [3.05, 3.63) is 11.9 Å². The molecule has 5 nitrogen and oxygen atoms in total. The number of rotatable bonds is 9. The van der Waals surface area contributed by atoms with Gasteiger partial charge >= 0.3 is 5.97 Å². The van der Waals surface area contributed by atoms with Crippen LogP contribution in [0, 0.1) is 12.8 Å². The van der Waals surface area contributed by atoms with Crippen molar-refractivity contribution in [2.45, 2.75) is 38.9 Å². The number of carbonyl (C=O) groups is 1. The first kappa shape index (κ1) is 16.0. The summed E-state index contributed by atoms with van der Waals surface area (Å²) in [6.07, 6.45) is 2.86. The van der Waals surface area contributed by atoms with Crippen LogP contribution in [0.25, 0.3) is 0 Å². The van der Waals surface area contributed by atoms with Crippen LogP contribution in [0.1, 0.15) is 26.0 Å². The Morgan fingerprint density at radius 2 is 2.32 bits per heavy atom. The van der Waals surface area contributed by atoms with Crippen LogP contribution in [0.5, 0.6) is 0 Å². The first-order chi connectivity index (χ1) is 8.99. The highest BCUT2D eigenvalue weighted by molar-refractivity contribution is 7.99. The predicted octanol–water partition coefficient (Wildman–Crippen LogP) is 2.43. The fraction of sp³-hybridized carbons (Fsp3) is 0.692. The SMILES string of the molecule is Cc1cn(CCCOCC(C)C)c(SCC(=O)O)n1. The smallest absolute Gasteiger partial charge is 0.313 e. The van der Waals surface area contributed by atoms with E-state index >= 15 is 0 Å². The van der Waals surface area contributed by atoms with Crippen molar-refractivity contribution < 1.29 is 14.6 Å². The summed E-state index contributed by atoms with van der Waals surface area (Å²) < 4.78 is 7.53. The normalized spacial score (nSPS) is 11.2. The molecule has 0 fully saturated rings. The zero-order chi connectivity index (χ0) is 14.3. The Morgan fingerprint density at radius 1 is 1.58 bits per heavy atom. The minimum Gasteiger partial charge on any atom is -0.481 e. The number of hydrogen-bond donors (Lipinski definition) is 1. The number of aromatic nitrogens is 2. The summed E-state index contributed by atoms with van der Waals surface area (Å²) in [6.45, 7) is 8.47. The summed E-state index contributed by atoms with van der Waals surface area (Å²) in [4.78, 5) is 14.9. The van der Waals surface area contributed by atoms with Crippen LogP contribution in [0.2, 0.25) is 0 Å². The Hall–Kier alpha value is -1.01. The Labute approximate surface area is 118 Å². The second-order valence-corrected chi connectivity index (χ2v) is 5.81. The molecule has 0 aromatic carbocycles. The van der Waals surface area contributed by atoms with E-state index in [0.717, 1.165) is 37.0 Å². The van der Waals surface area contributed by atoms with E-state index in [0.29, 0.717) is 5.92 Å². The van der Waals surface area contributed by atoms with E-state index in [4.69, 9.17) is 9.84 Å². The molecule has 0 aliphatic heterocycles. The van der Waals surface area contributed by atoms with Gasteiger partial charge in [-0.05, 0) is 19.3 Å². The molecule has 0 spiro atoms. The van der Waals surface area contributed by atoms with E-state index < -0.39 is 5.97 Å². The van der Waals surface area contributed by atoms with Gasteiger partial charge in [0.05, 0.1) is 11.4 Å². The Bertz CT molecular complexity index is 405. The van der Waals surface area contributed by atoms with Crippen LogP contribution in [-0.4, -0.2) is 39.6 Å². The summed E-state index contributed by atoms with van der Waals surface area (Å²) >= 11 is 1.26. The van der Waals surface area contributed by atoms with Crippen LogP contribution < -0.4 is 0 Å². The molecule has 108 valence electrons. The lowest BCUT2D eigenvalue weighted by Crippen LogP contribution is -2.07. The number of carboxylic acids is 1. The molecular weight excluding hydrogens is 264 g/mol. The standard InChI is InChI=1S/C13H22N2O3S/c1-10(2)8-18-6-4-5-15-7-11(3)14-13(15)19-9-12(16)17/h7,10H,4-6,8-9H2,1-3H3,(H,16,17). The second kappa shape index (κ2) is 8.22. The zero-order valence-electron chi connectivity index (χ0n) is 11.8. The Balaban J connectivity index is 2.37. The number of thioether (sulfide) groups is 1. The van der Waals surface area contributed by atoms with Crippen molar-refractivity contribution in [2.75, 3.05) is 19.0 Å². The largest absolute Gasteiger partial charge is 0.481 e. The minimum absolute atomic E-state index is 0.0420. The highest BCUT2D eigenvalue weighted by Crippen LogP contribution is 2.17. The molecule has 0 bridgehead atoms. The molecule has 1 aromatic heterocycles. The van der Waals surface area contributed by atoms with Gasteiger partial charge in [0.1, 0.15) is 0 Å². The van der Waals surface area contributed by atoms with Crippen molar-refractivity contribution in [1.82, 2.24) is 9.55 Å². The average Bonchev–Trinajstić information content (AvgIpc) is 2.66. The molecule has 6 heteroatoms. The van der Waals surface area contributed by atoms with E-state index in [9.17, 15) is 4.79 Å². The maximum Gasteiger partial charge on any atom is 0.313 e. The highest BCUT2D eigenvalue weighted by Gasteiger charge is 2.08. The minimum atomic E-state index is -0.822. The van der Waals surface area contributed by atoms with Crippen LogP contribution in [0.15, 0.2) is 11.4 Å². The van der Waals surface area contributed by atoms with Crippen molar-refractivity contribution in [3.8, 4) is 0 Å². The van der Waals surface area contributed by atoms with Crippen LogP contribution in [0.4, 0.5) is 0 Å². The third-order valence-corrected chi connectivity index (χ3v) is 3.30. The van der Waals surface area contributed by atoms with Crippen molar-refractivity contribution in [1.29, 1.82) is 0 Å². The van der Waals surface area contributed by atoms with Gasteiger partial charge in [-0.1, -0.05) is 25.6 Å². The van der Waals surface area contributed by atoms with Gasteiger partial charge in [0, 0.05) is 26.0 Å². The van der Waals surface area contributed by atoms with Gasteiger partial charge < -0.3 is 14.4 Å². The molecular formula is C13H22N2O3S. The molecule has 19 heavy (non-hydrogen) atoms. The lowest BCUT2D eigenvalue weighted by atomic mass is 10.2. The van der Waals surface area contributed by atoms with Gasteiger partial charge in [-0.3, -0.25) is 4.79 Å². The molecule has 0 saturated carbocycles. The fourth-order valence-corrected chi connectivity index (χ4v) is 2.35. The summed E-state index contributed by atoms with van der Waals surface area (Å²) in [5, 5.41) is 9.46. The number of imidazole rings is 1. The van der Waals surface area contributed by atoms with E-state index in [-0.39, 0.29) is 5.75 Å². The maximum atomic E-state index is 10.6. The van der Waals surface area contributed by atoms with Gasteiger partial charge in [0.2, 0.25) is 0 Å². The number of ether oxygens (including phenoxy) is 1. The molecule has 0 aliphatic rings. The highest BCUT2D eigenvalue weighted by atomic mass is 32.2. The van der Waals surface area contributed by atoms with E-state index in [1.807, 2.05) is 17.7 Å². The molecule has 0 amide bonds. The van der Waals surface area contributed by atoms with E-state index in [1.54, 1.807) is 0 Å². The summed E-state index contributed by atoms with van der Waals surface area (Å²) in [6, 6.07) is 0. The number of hydrogen-bond acceptors (Lipinski definition) is 4. The van der Waals surface area contributed by atoms with Gasteiger partial charge in [-0.15, -0.1) is 0 Å². The number of aliphatic carboxylic acids is 1. The van der Waals surface area contributed by atoms with Crippen LogP contribution in [0.3, 0.4) is 0 Å². The quantitative estimate of drug-likeness (QED) is 0.558. The lowest BCUT2D eigenvalue weighted by Gasteiger charge is -2.08. The molecule has 1 N–H and O–H groups in total. The second-order valence-electron chi connectivity index (χ2n) is 4.86. The van der Waals surface area contributed by atoms with Crippen LogP contribution in [-0.2, 0) is 16.1 Å². The van der Waals surface area contributed by atoms with Crippen molar-refractivity contribution >= 4 is 17.7 Å². The summed E-state index contributed by atoms with van der Waals surface area (Å²) in [5.74, 6) is -0.227. The Kier molecular flexibility index (Phi) is 6.94. The Morgan fingerprint density at radius 3 is 2.95 bits per heavy atom. The third-order valence-electron chi connectivity index (χ3n) is 2.32. The van der Waals surface area contributed by atoms with E-state index in [2.05, 4.69) is 18.8 Å². The van der Waals surface area contributed by atoms with E-state index in [1.165, 1.54) is 11.8 Å². The first-order valence-electron chi connectivity index (χ1n) is 6.45. The summed E-state index contributed by atoms with van der Waals surface area (Å²) in [7, 11) is 0.